The predicted molar refractivity (Wildman–Crippen MR) is 88.4 cm³/mol. The minimum atomic E-state index is -0.697. The van der Waals surface area contributed by atoms with E-state index in [4.69, 9.17) is 34.7 Å². The van der Waals surface area contributed by atoms with Gasteiger partial charge in [-0.15, -0.1) is 0 Å². The van der Waals surface area contributed by atoms with Crippen molar-refractivity contribution < 1.29 is 0 Å². The van der Waals surface area contributed by atoms with Crippen LogP contribution in [0.1, 0.15) is 0 Å². The fourth-order valence-corrected chi connectivity index (χ4v) is 3.43. The van der Waals surface area contributed by atoms with Gasteiger partial charge >= 0.3 is 0 Å². The molecular formula is C13H15Cl2N5S. The number of aliphatic imine (C=N–C) groups is 1. The van der Waals surface area contributed by atoms with Crippen molar-refractivity contribution >= 4 is 41.2 Å². The molecule has 1 atom stereocenters. The second kappa shape index (κ2) is 5.70. The van der Waals surface area contributed by atoms with Crippen molar-refractivity contribution in [2.75, 3.05) is 13.1 Å². The Morgan fingerprint density at radius 1 is 1.33 bits per heavy atom. The van der Waals surface area contributed by atoms with E-state index in [1.807, 2.05) is 12.1 Å². The molecule has 0 aliphatic carbocycles. The SMILES string of the molecule is NC1=C(Sc2cccc(Cl)c2Cl)N=CC(N)(C2CNC2)N1. The summed E-state index contributed by atoms with van der Waals surface area (Å²) in [6, 6.07) is 5.44. The van der Waals surface area contributed by atoms with E-state index in [0.717, 1.165) is 18.0 Å². The Labute approximate surface area is 137 Å². The first kappa shape index (κ1) is 15.0. The van der Waals surface area contributed by atoms with Crippen LogP contribution in [0.25, 0.3) is 0 Å². The summed E-state index contributed by atoms with van der Waals surface area (Å²) in [6.07, 6.45) is 1.72. The zero-order chi connectivity index (χ0) is 15.0. The number of benzene rings is 1. The van der Waals surface area contributed by atoms with Crippen LogP contribution in [0.2, 0.25) is 10.0 Å². The maximum absolute atomic E-state index is 6.29. The van der Waals surface area contributed by atoms with E-state index >= 15 is 0 Å². The van der Waals surface area contributed by atoms with Crippen molar-refractivity contribution in [2.24, 2.45) is 22.4 Å². The van der Waals surface area contributed by atoms with Gasteiger partial charge in [0.25, 0.3) is 0 Å². The van der Waals surface area contributed by atoms with Gasteiger partial charge in [0.05, 0.1) is 10.0 Å². The van der Waals surface area contributed by atoms with Gasteiger partial charge in [-0.05, 0) is 12.1 Å². The lowest BCUT2D eigenvalue weighted by atomic mass is 9.88. The Morgan fingerprint density at radius 2 is 2.10 bits per heavy atom. The number of rotatable bonds is 3. The van der Waals surface area contributed by atoms with Crippen molar-refractivity contribution in [1.82, 2.24) is 10.6 Å². The van der Waals surface area contributed by atoms with Gasteiger partial charge in [0.2, 0.25) is 0 Å². The maximum atomic E-state index is 6.29. The van der Waals surface area contributed by atoms with E-state index < -0.39 is 5.66 Å². The number of nitrogens with two attached hydrogens (primary N) is 2. The summed E-state index contributed by atoms with van der Waals surface area (Å²) < 4.78 is 0. The zero-order valence-electron chi connectivity index (χ0n) is 11.1. The fraction of sp³-hybridized carbons (Fsp3) is 0.308. The Balaban J connectivity index is 1.79. The maximum Gasteiger partial charge on any atom is 0.140 e. The summed E-state index contributed by atoms with van der Waals surface area (Å²) >= 11 is 13.5. The molecule has 2 aliphatic heterocycles. The van der Waals surface area contributed by atoms with Crippen LogP contribution in [0.15, 0.2) is 38.9 Å². The van der Waals surface area contributed by atoms with Crippen molar-refractivity contribution in [3.8, 4) is 0 Å². The van der Waals surface area contributed by atoms with Crippen LogP contribution in [0, 0.1) is 5.92 Å². The predicted octanol–water partition coefficient (Wildman–Crippen LogP) is 1.72. The Kier molecular flexibility index (Phi) is 4.07. The molecule has 1 unspecified atom stereocenters. The van der Waals surface area contributed by atoms with E-state index in [1.165, 1.54) is 11.8 Å². The average Bonchev–Trinajstić information content (AvgIpc) is 2.35. The lowest BCUT2D eigenvalue weighted by Gasteiger charge is -2.43. The summed E-state index contributed by atoms with van der Waals surface area (Å²) in [5, 5.41) is 7.96. The van der Waals surface area contributed by atoms with E-state index in [1.54, 1.807) is 12.3 Å². The molecule has 0 spiro atoms. The zero-order valence-corrected chi connectivity index (χ0v) is 13.4. The highest BCUT2D eigenvalue weighted by Crippen LogP contribution is 2.38. The van der Waals surface area contributed by atoms with Crippen LogP contribution in [0.3, 0.4) is 0 Å². The standard InChI is InChI=1S/C13H15Cl2N5S/c14-8-2-1-3-9(10(8)15)21-12-11(16)20-13(17,6-19-12)7-4-18-5-7/h1-3,6-7,18,20H,4-5,16-17H2. The summed E-state index contributed by atoms with van der Waals surface area (Å²) in [4.78, 5) is 5.21. The van der Waals surface area contributed by atoms with Crippen LogP contribution in [0.5, 0.6) is 0 Å². The van der Waals surface area contributed by atoms with Gasteiger partial charge in [0.1, 0.15) is 16.5 Å². The van der Waals surface area contributed by atoms with Gasteiger partial charge in [-0.1, -0.05) is 41.0 Å². The topological polar surface area (TPSA) is 88.5 Å². The molecular weight excluding hydrogens is 329 g/mol. The molecule has 2 heterocycles. The second-order valence-corrected chi connectivity index (χ2v) is 6.86. The third-order valence-corrected chi connectivity index (χ3v) is 5.57. The third-order valence-electron chi connectivity index (χ3n) is 3.56. The van der Waals surface area contributed by atoms with Crippen LogP contribution in [0.4, 0.5) is 0 Å². The summed E-state index contributed by atoms with van der Waals surface area (Å²) in [5.41, 5.74) is 11.7. The lowest BCUT2D eigenvalue weighted by Crippen LogP contribution is -2.69. The highest BCUT2D eigenvalue weighted by Gasteiger charge is 2.39. The largest absolute Gasteiger partial charge is 0.383 e. The molecule has 3 rings (SSSR count). The van der Waals surface area contributed by atoms with E-state index in [9.17, 15) is 0 Å². The molecule has 0 amide bonds. The Bertz CT molecular complexity index is 629. The Hall–Kier alpha value is -0.920. The van der Waals surface area contributed by atoms with Gasteiger partial charge in [0.15, 0.2) is 0 Å². The molecule has 0 saturated carbocycles. The summed E-state index contributed by atoms with van der Waals surface area (Å²) in [6.45, 7) is 1.71. The molecule has 1 aromatic carbocycles. The first-order valence-corrected chi connectivity index (χ1v) is 8.01. The van der Waals surface area contributed by atoms with Crippen LogP contribution >= 0.6 is 35.0 Å². The van der Waals surface area contributed by atoms with Gasteiger partial charge in [-0.25, -0.2) is 4.99 Å². The second-order valence-electron chi connectivity index (χ2n) is 5.04. The molecule has 5 nitrogen and oxygen atoms in total. The third kappa shape index (κ3) is 2.86. The summed E-state index contributed by atoms with van der Waals surface area (Å²) in [5.74, 6) is 0.731. The molecule has 0 aromatic heterocycles. The van der Waals surface area contributed by atoms with Crippen LogP contribution < -0.4 is 22.1 Å². The van der Waals surface area contributed by atoms with Crippen molar-refractivity contribution in [1.29, 1.82) is 0 Å². The molecule has 0 radical (unpaired) electrons. The quantitative estimate of drug-likeness (QED) is 0.671. The summed E-state index contributed by atoms with van der Waals surface area (Å²) in [7, 11) is 0. The van der Waals surface area contributed by atoms with E-state index in [0.29, 0.717) is 20.9 Å². The molecule has 8 heteroatoms. The number of nitrogens with zero attached hydrogens (tertiary/aromatic N) is 1. The number of thioether (sulfide) groups is 1. The lowest BCUT2D eigenvalue weighted by molar-refractivity contribution is 0.227. The van der Waals surface area contributed by atoms with Gasteiger partial charge in [-0.2, -0.15) is 0 Å². The average molecular weight is 344 g/mol. The normalized spacial score (nSPS) is 25.7. The molecule has 112 valence electrons. The van der Waals surface area contributed by atoms with E-state index in [-0.39, 0.29) is 5.92 Å². The molecule has 2 aliphatic rings. The van der Waals surface area contributed by atoms with Crippen molar-refractivity contribution in [2.45, 2.75) is 10.6 Å². The monoisotopic (exact) mass is 343 g/mol. The van der Waals surface area contributed by atoms with E-state index in [2.05, 4.69) is 15.6 Å². The van der Waals surface area contributed by atoms with Crippen LogP contribution in [-0.4, -0.2) is 25.0 Å². The van der Waals surface area contributed by atoms with Gasteiger partial charge < -0.3 is 22.1 Å². The highest BCUT2D eigenvalue weighted by atomic mass is 35.5. The first-order valence-electron chi connectivity index (χ1n) is 6.44. The number of nitrogens with one attached hydrogen (secondary N) is 2. The minimum absolute atomic E-state index is 0.279. The molecule has 1 fully saturated rings. The minimum Gasteiger partial charge on any atom is -0.383 e. The van der Waals surface area contributed by atoms with Gasteiger partial charge in [0, 0.05) is 30.1 Å². The number of hydrogen-bond donors (Lipinski definition) is 4. The smallest absolute Gasteiger partial charge is 0.140 e. The number of halogens is 2. The number of hydrogen-bond acceptors (Lipinski definition) is 6. The molecule has 1 aromatic rings. The highest BCUT2D eigenvalue weighted by molar-refractivity contribution is 8.03. The van der Waals surface area contributed by atoms with Crippen molar-refractivity contribution in [3.05, 3.63) is 39.1 Å². The molecule has 21 heavy (non-hydrogen) atoms. The molecule has 0 bridgehead atoms. The molecule has 1 saturated heterocycles. The molecule has 6 N–H and O–H groups in total. The van der Waals surface area contributed by atoms with Crippen LogP contribution in [-0.2, 0) is 0 Å². The van der Waals surface area contributed by atoms with Crippen molar-refractivity contribution in [3.63, 3.8) is 0 Å². The fourth-order valence-electron chi connectivity index (χ4n) is 2.14. The van der Waals surface area contributed by atoms with Gasteiger partial charge in [-0.3, -0.25) is 0 Å². The first-order chi connectivity index (χ1) is 9.99. The Morgan fingerprint density at radius 3 is 2.71 bits per heavy atom.